The highest BCUT2D eigenvalue weighted by Gasteiger charge is 2.40. The molecule has 10 heavy (non-hydrogen) atoms. The minimum Gasteiger partial charge on any atom is -0.287 e. The van der Waals surface area contributed by atoms with Crippen LogP contribution in [-0.4, -0.2) is 24.4 Å². The standard InChI is InChI=1S/C7H13N3/c1-4-2-6-3-5(1)9-7(8-4)10-6/h4-10H,1-3H2. The third-order valence-corrected chi connectivity index (χ3v) is 2.91. The summed E-state index contributed by atoms with van der Waals surface area (Å²) in [5.74, 6) is 0. The first-order chi connectivity index (χ1) is 4.90. The van der Waals surface area contributed by atoms with Gasteiger partial charge >= 0.3 is 0 Å². The molecule has 0 amide bonds. The zero-order valence-corrected chi connectivity index (χ0v) is 5.93. The first-order valence-electron chi connectivity index (χ1n) is 4.18. The van der Waals surface area contributed by atoms with Crippen molar-refractivity contribution in [2.75, 3.05) is 0 Å². The second kappa shape index (κ2) is 1.72. The van der Waals surface area contributed by atoms with Crippen LogP contribution in [0.5, 0.6) is 0 Å². The van der Waals surface area contributed by atoms with Gasteiger partial charge in [-0.2, -0.15) is 0 Å². The quantitative estimate of drug-likeness (QED) is 0.417. The van der Waals surface area contributed by atoms with Crippen LogP contribution in [0.2, 0.25) is 0 Å². The van der Waals surface area contributed by atoms with Gasteiger partial charge in [0.2, 0.25) is 0 Å². The normalized spacial score (nSPS) is 57.6. The molecule has 4 fully saturated rings. The summed E-state index contributed by atoms with van der Waals surface area (Å²) in [7, 11) is 0. The summed E-state index contributed by atoms with van der Waals surface area (Å²) in [6.45, 7) is 0. The van der Waals surface area contributed by atoms with Gasteiger partial charge in [-0.3, -0.25) is 16.0 Å². The summed E-state index contributed by atoms with van der Waals surface area (Å²) in [6, 6.07) is 2.41. The molecular formula is C7H13N3. The van der Waals surface area contributed by atoms with Crippen LogP contribution in [0.3, 0.4) is 0 Å². The van der Waals surface area contributed by atoms with Gasteiger partial charge in [0.25, 0.3) is 0 Å². The maximum Gasteiger partial charge on any atom is 0.112 e. The van der Waals surface area contributed by atoms with Crippen LogP contribution >= 0.6 is 0 Å². The lowest BCUT2D eigenvalue weighted by atomic mass is 9.83. The predicted octanol–water partition coefficient (Wildman–Crippen LogP) is -0.644. The SMILES string of the molecule is C1C2CC3CC1NC(N2)N3. The Balaban J connectivity index is 1.90. The maximum atomic E-state index is 3.49. The number of rotatable bonds is 0. The van der Waals surface area contributed by atoms with Gasteiger partial charge in [-0.25, -0.2) is 0 Å². The van der Waals surface area contributed by atoms with Gasteiger partial charge < -0.3 is 0 Å². The minimum atomic E-state index is 0.427. The molecule has 0 aromatic heterocycles. The van der Waals surface area contributed by atoms with E-state index in [-0.39, 0.29) is 0 Å². The van der Waals surface area contributed by atoms with Crippen molar-refractivity contribution in [3.8, 4) is 0 Å². The molecule has 4 rings (SSSR count). The molecule has 3 aliphatic heterocycles. The Hall–Kier alpha value is -0.120. The van der Waals surface area contributed by atoms with E-state index in [0.717, 1.165) is 18.1 Å². The summed E-state index contributed by atoms with van der Waals surface area (Å²) in [5, 5.41) is 10.5. The highest BCUT2D eigenvalue weighted by Crippen LogP contribution is 2.26. The molecule has 0 aromatic carbocycles. The van der Waals surface area contributed by atoms with E-state index in [1.165, 1.54) is 19.3 Å². The highest BCUT2D eigenvalue weighted by atomic mass is 15.4. The van der Waals surface area contributed by atoms with E-state index in [1.54, 1.807) is 0 Å². The molecule has 4 aliphatic rings. The zero-order chi connectivity index (χ0) is 6.55. The van der Waals surface area contributed by atoms with Gasteiger partial charge in [0.1, 0.15) is 6.29 Å². The summed E-state index contributed by atoms with van der Waals surface area (Å²) < 4.78 is 0. The third-order valence-electron chi connectivity index (χ3n) is 2.91. The summed E-state index contributed by atoms with van der Waals surface area (Å²) >= 11 is 0. The molecular weight excluding hydrogens is 126 g/mol. The Morgan fingerprint density at radius 2 is 1.10 bits per heavy atom. The molecule has 0 aromatic rings. The van der Waals surface area contributed by atoms with Crippen molar-refractivity contribution >= 4 is 0 Å². The predicted molar refractivity (Wildman–Crippen MR) is 38.4 cm³/mol. The molecule has 56 valence electrons. The fraction of sp³-hybridized carbons (Fsp3) is 1.00. The summed E-state index contributed by atoms with van der Waals surface area (Å²) in [6.07, 6.45) is 4.45. The molecule has 4 bridgehead atoms. The maximum absolute atomic E-state index is 3.49. The summed E-state index contributed by atoms with van der Waals surface area (Å²) in [5.41, 5.74) is 0. The first-order valence-corrected chi connectivity index (χ1v) is 4.18. The van der Waals surface area contributed by atoms with Gasteiger partial charge in [-0.1, -0.05) is 0 Å². The Kier molecular flexibility index (Phi) is 0.952. The van der Waals surface area contributed by atoms with Crippen molar-refractivity contribution in [3.05, 3.63) is 0 Å². The van der Waals surface area contributed by atoms with Gasteiger partial charge in [0, 0.05) is 18.1 Å². The Bertz CT molecular complexity index is 100. The molecule has 3 nitrogen and oxygen atoms in total. The largest absolute Gasteiger partial charge is 0.287 e. The zero-order valence-electron chi connectivity index (χ0n) is 5.93. The molecule has 1 aliphatic carbocycles. The number of hydrogen-bond donors (Lipinski definition) is 3. The van der Waals surface area contributed by atoms with Gasteiger partial charge in [0.15, 0.2) is 0 Å². The highest BCUT2D eigenvalue weighted by molar-refractivity contribution is 5.01. The number of hydrogen-bond acceptors (Lipinski definition) is 3. The van der Waals surface area contributed by atoms with Gasteiger partial charge in [-0.15, -0.1) is 0 Å². The van der Waals surface area contributed by atoms with Gasteiger partial charge in [-0.05, 0) is 19.3 Å². The van der Waals surface area contributed by atoms with Crippen molar-refractivity contribution in [1.82, 2.24) is 16.0 Å². The van der Waals surface area contributed by atoms with Crippen molar-refractivity contribution in [2.24, 2.45) is 0 Å². The van der Waals surface area contributed by atoms with Crippen molar-refractivity contribution in [2.45, 2.75) is 43.7 Å². The molecule has 0 unspecified atom stereocenters. The van der Waals surface area contributed by atoms with E-state index in [4.69, 9.17) is 0 Å². The fourth-order valence-electron chi connectivity index (χ4n) is 2.58. The Labute approximate surface area is 60.6 Å². The first kappa shape index (κ1) is 5.52. The minimum absolute atomic E-state index is 0.427. The molecule has 1 saturated carbocycles. The summed E-state index contributed by atoms with van der Waals surface area (Å²) in [4.78, 5) is 0. The molecule has 3 heterocycles. The second-order valence-electron chi connectivity index (χ2n) is 3.73. The lowest BCUT2D eigenvalue weighted by molar-refractivity contribution is 0.0691. The third kappa shape index (κ3) is 0.654. The van der Waals surface area contributed by atoms with E-state index in [0.29, 0.717) is 6.29 Å². The van der Waals surface area contributed by atoms with Crippen LogP contribution in [0.15, 0.2) is 0 Å². The second-order valence-corrected chi connectivity index (χ2v) is 3.73. The van der Waals surface area contributed by atoms with E-state index in [9.17, 15) is 0 Å². The average Bonchev–Trinajstić information content (AvgIpc) is 1.82. The lowest BCUT2D eigenvalue weighted by Crippen LogP contribution is -2.75. The monoisotopic (exact) mass is 139 g/mol. The van der Waals surface area contributed by atoms with E-state index in [2.05, 4.69) is 16.0 Å². The van der Waals surface area contributed by atoms with Crippen LogP contribution in [0.25, 0.3) is 0 Å². The van der Waals surface area contributed by atoms with Gasteiger partial charge in [0.05, 0.1) is 0 Å². The van der Waals surface area contributed by atoms with Crippen molar-refractivity contribution in [3.63, 3.8) is 0 Å². The topological polar surface area (TPSA) is 36.1 Å². The molecule has 0 atom stereocenters. The number of nitrogens with one attached hydrogen (secondary N) is 3. The van der Waals surface area contributed by atoms with Crippen LogP contribution in [0.1, 0.15) is 19.3 Å². The lowest BCUT2D eigenvalue weighted by Gasteiger charge is -2.51. The molecule has 3 heteroatoms. The molecule has 0 spiro atoms. The molecule has 0 radical (unpaired) electrons. The van der Waals surface area contributed by atoms with Crippen molar-refractivity contribution in [1.29, 1.82) is 0 Å². The smallest absolute Gasteiger partial charge is 0.112 e. The molecule has 3 saturated heterocycles. The van der Waals surface area contributed by atoms with E-state index < -0.39 is 0 Å². The van der Waals surface area contributed by atoms with Crippen LogP contribution in [-0.2, 0) is 0 Å². The Morgan fingerprint density at radius 3 is 1.40 bits per heavy atom. The van der Waals surface area contributed by atoms with E-state index >= 15 is 0 Å². The Morgan fingerprint density at radius 1 is 0.700 bits per heavy atom. The average molecular weight is 139 g/mol. The van der Waals surface area contributed by atoms with Crippen LogP contribution < -0.4 is 16.0 Å². The van der Waals surface area contributed by atoms with Crippen molar-refractivity contribution < 1.29 is 0 Å². The fourth-order valence-corrected chi connectivity index (χ4v) is 2.58. The van der Waals surface area contributed by atoms with E-state index in [1.807, 2.05) is 0 Å². The van der Waals surface area contributed by atoms with Crippen LogP contribution in [0, 0.1) is 0 Å². The van der Waals surface area contributed by atoms with Crippen LogP contribution in [0.4, 0.5) is 0 Å². The molecule has 3 N–H and O–H groups in total.